The summed E-state index contributed by atoms with van der Waals surface area (Å²) in [4.78, 5) is 2.43. The van der Waals surface area contributed by atoms with Crippen molar-refractivity contribution < 1.29 is 9.47 Å². The largest absolute Gasteiger partial charge is 0.494 e. The van der Waals surface area contributed by atoms with Crippen LogP contribution in [0.15, 0.2) is 24.3 Å². The van der Waals surface area contributed by atoms with Crippen LogP contribution in [-0.2, 0) is 4.74 Å². The van der Waals surface area contributed by atoms with Crippen molar-refractivity contribution in [3.05, 3.63) is 24.3 Å². The van der Waals surface area contributed by atoms with Gasteiger partial charge in [-0.2, -0.15) is 0 Å². The molecule has 1 aromatic rings. The van der Waals surface area contributed by atoms with Gasteiger partial charge < -0.3 is 14.8 Å². The van der Waals surface area contributed by atoms with Gasteiger partial charge in [0, 0.05) is 37.9 Å². The van der Waals surface area contributed by atoms with Crippen LogP contribution in [0.25, 0.3) is 0 Å². The number of ether oxygens (including phenoxy) is 2. The van der Waals surface area contributed by atoms with Crippen LogP contribution in [0.5, 0.6) is 5.75 Å². The van der Waals surface area contributed by atoms with E-state index >= 15 is 0 Å². The molecule has 1 heterocycles. The first-order chi connectivity index (χ1) is 9.88. The van der Waals surface area contributed by atoms with E-state index in [1.165, 1.54) is 0 Å². The fourth-order valence-corrected chi connectivity index (χ4v) is 2.21. The molecule has 0 atom stereocenters. The van der Waals surface area contributed by atoms with Crippen molar-refractivity contribution in [2.24, 2.45) is 0 Å². The third kappa shape index (κ3) is 5.39. The minimum atomic E-state index is 0.799. The molecule has 0 amide bonds. The summed E-state index contributed by atoms with van der Waals surface area (Å²) in [5.41, 5.74) is 1.13. The van der Waals surface area contributed by atoms with E-state index in [9.17, 15) is 0 Å². The van der Waals surface area contributed by atoms with Crippen molar-refractivity contribution in [1.82, 2.24) is 4.90 Å². The Labute approximate surface area is 122 Å². The number of rotatable bonds is 8. The van der Waals surface area contributed by atoms with Crippen molar-refractivity contribution in [1.29, 1.82) is 0 Å². The lowest BCUT2D eigenvalue weighted by atomic mass is 10.3. The molecule has 0 spiro atoms. The molecular formula is C16H26N2O2. The zero-order valence-electron chi connectivity index (χ0n) is 12.4. The topological polar surface area (TPSA) is 33.7 Å². The lowest BCUT2D eigenvalue weighted by Crippen LogP contribution is -2.38. The van der Waals surface area contributed by atoms with E-state index in [2.05, 4.69) is 29.3 Å². The summed E-state index contributed by atoms with van der Waals surface area (Å²) in [5, 5.41) is 3.46. The number of hydrogen-bond donors (Lipinski definition) is 1. The number of hydrogen-bond acceptors (Lipinski definition) is 4. The number of nitrogens with zero attached hydrogens (tertiary/aromatic N) is 1. The Morgan fingerprint density at radius 1 is 1.30 bits per heavy atom. The van der Waals surface area contributed by atoms with Crippen LogP contribution in [0.4, 0.5) is 5.69 Å². The summed E-state index contributed by atoms with van der Waals surface area (Å²) in [7, 11) is 0. The fraction of sp³-hybridized carbons (Fsp3) is 0.625. The van der Waals surface area contributed by atoms with Gasteiger partial charge in [0.15, 0.2) is 0 Å². The van der Waals surface area contributed by atoms with E-state index in [0.29, 0.717) is 0 Å². The van der Waals surface area contributed by atoms with Crippen LogP contribution in [0.3, 0.4) is 0 Å². The second-order valence-electron chi connectivity index (χ2n) is 5.11. The quantitative estimate of drug-likeness (QED) is 0.741. The summed E-state index contributed by atoms with van der Waals surface area (Å²) in [6.07, 6.45) is 2.27. The molecular weight excluding hydrogens is 252 g/mol. The predicted molar refractivity (Wildman–Crippen MR) is 82.6 cm³/mol. The third-order valence-electron chi connectivity index (χ3n) is 3.46. The number of nitrogens with one attached hydrogen (secondary N) is 1. The molecule has 1 aliphatic rings. The van der Waals surface area contributed by atoms with Gasteiger partial charge in [-0.05, 0) is 18.6 Å². The maximum absolute atomic E-state index is 5.72. The molecule has 0 bridgehead atoms. The molecule has 0 radical (unpaired) electrons. The fourth-order valence-electron chi connectivity index (χ4n) is 2.21. The smallest absolute Gasteiger partial charge is 0.121 e. The number of morpholine rings is 1. The Bertz CT molecular complexity index is 378. The molecule has 4 nitrogen and oxygen atoms in total. The third-order valence-corrected chi connectivity index (χ3v) is 3.46. The number of benzene rings is 1. The van der Waals surface area contributed by atoms with E-state index in [-0.39, 0.29) is 0 Å². The van der Waals surface area contributed by atoms with Crippen LogP contribution >= 0.6 is 0 Å². The summed E-state index contributed by atoms with van der Waals surface area (Å²) in [6.45, 7) is 8.80. The normalized spacial score (nSPS) is 16.1. The van der Waals surface area contributed by atoms with Gasteiger partial charge in [0.1, 0.15) is 5.75 Å². The highest BCUT2D eigenvalue weighted by atomic mass is 16.5. The SMILES string of the molecule is CCCCOc1cccc(NCCN2CCOCC2)c1. The number of unbranched alkanes of at least 4 members (excludes halogenated alkanes) is 1. The first kappa shape index (κ1) is 15.1. The molecule has 20 heavy (non-hydrogen) atoms. The first-order valence-electron chi connectivity index (χ1n) is 7.65. The molecule has 0 unspecified atom stereocenters. The Morgan fingerprint density at radius 2 is 2.15 bits per heavy atom. The van der Waals surface area contributed by atoms with Crippen LogP contribution in [0.2, 0.25) is 0 Å². The van der Waals surface area contributed by atoms with E-state index < -0.39 is 0 Å². The van der Waals surface area contributed by atoms with Crippen molar-refractivity contribution in [2.75, 3.05) is 51.3 Å². The van der Waals surface area contributed by atoms with Crippen molar-refractivity contribution in [3.63, 3.8) is 0 Å². The standard InChI is InChI=1S/C16H26N2O2/c1-2-3-11-20-16-6-4-5-15(14-16)17-7-8-18-9-12-19-13-10-18/h4-6,14,17H,2-3,7-13H2,1H3. The lowest BCUT2D eigenvalue weighted by molar-refractivity contribution is 0.0398. The van der Waals surface area contributed by atoms with Crippen LogP contribution in [0, 0.1) is 0 Å². The zero-order valence-corrected chi connectivity index (χ0v) is 12.4. The maximum Gasteiger partial charge on any atom is 0.121 e. The Morgan fingerprint density at radius 3 is 2.95 bits per heavy atom. The Balaban J connectivity index is 1.70. The average molecular weight is 278 g/mol. The molecule has 2 rings (SSSR count). The minimum absolute atomic E-state index is 0.799. The highest BCUT2D eigenvalue weighted by molar-refractivity contribution is 5.48. The van der Waals surface area contributed by atoms with Crippen molar-refractivity contribution in [2.45, 2.75) is 19.8 Å². The molecule has 0 saturated carbocycles. The maximum atomic E-state index is 5.72. The van der Waals surface area contributed by atoms with Gasteiger partial charge in [0.2, 0.25) is 0 Å². The molecule has 1 fully saturated rings. The van der Waals surface area contributed by atoms with E-state index in [1.54, 1.807) is 0 Å². The molecule has 4 heteroatoms. The molecule has 0 aliphatic carbocycles. The van der Waals surface area contributed by atoms with Gasteiger partial charge >= 0.3 is 0 Å². The highest BCUT2D eigenvalue weighted by Crippen LogP contribution is 2.17. The molecule has 1 N–H and O–H groups in total. The van der Waals surface area contributed by atoms with Gasteiger partial charge in [-0.1, -0.05) is 19.4 Å². The van der Waals surface area contributed by atoms with Gasteiger partial charge in [0.25, 0.3) is 0 Å². The van der Waals surface area contributed by atoms with Gasteiger partial charge in [-0.3, -0.25) is 4.90 Å². The predicted octanol–water partition coefficient (Wildman–Crippen LogP) is 2.61. The Hall–Kier alpha value is -1.26. The monoisotopic (exact) mass is 278 g/mol. The van der Waals surface area contributed by atoms with Crippen molar-refractivity contribution >= 4 is 5.69 Å². The summed E-state index contributed by atoms with van der Waals surface area (Å²) in [6, 6.07) is 8.22. The van der Waals surface area contributed by atoms with Gasteiger partial charge in [0.05, 0.1) is 19.8 Å². The van der Waals surface area contributed by atoms with Crippen LogP contribution in [-0.4, -0.2) is 50.9 Å². The highest BCUT2D eigenvalue weighted by Gasteiger charge is 2.09. The van der Waals surface area contributed by atoms with Gasteiger partial charge in [-0.15, -0.1) is 0 Å². The summed E-state index contributed by atoms with van der Waals surface area (Å²) >= 11 is 0. The number of anilines is 1. The van der Waals surface area contributed by atoms with Crippen LogP contribution in [0.1, 0.15) is 19.8 Å². The second-order valence-corrected chi connectivity index (χ2v) is 5.11. The van der Waals surface area contributed by atoms with E-state index in [4.69, 9.17) is 9.47 Å². The molecule has 1 aromatic carbocycles. The van der Waals surface area contributed by atoms with E-state index in [0.717, 1.165) is 70.3 Å². The molecule has 112 valence electrons. The zero-order chi connectivity index (χ0) is 14.0. The van der Waals surface area contributed by atoms with Crippen molar-refractivity contribution in [3.8, 4) is 5.75 Å². The summed E-state index contributed by atoms with van der Waals surface area (Å²) < 4.78 is 11.1. The average Bonchev–Trinajstić information content (AvgIpc) is 2.49. The van der Waals surface area contributed by atoms with E-state index in [1.807, 2.05) is 12.1 Å². The van der Waals surface area contributed by atoms with Gasteiger partial charge in [-0.25, -0.2) is 0 Å². The molecule has 0 aromatic heterocycles. The lowest BCUT2D eigenvalue weighted by Gasteiger charge is -2.26. The van der Waals surface area contributed by atoms with Crippen LogP contribution < -0.4 is 10.1 Å². The second kappa shape index (κ2) is 8.82. The minimum Gasteiger partial charge on any atom is -0.494 e. The first-order valence-corrected chi connectivity index (χ1v) is 7.65. The summed E-state index contributed by atoms with van der Waals surface area (Å²) in [5.74, 6) is 0.954. The molecule has 1 saturated heterocycles. The Kier molecular flexibility index (Phi) is 6.68. The molecule has 1 aliphatic heterocycles.